The zero-order valence-electron chi connectivity index (χ0n) is 17.9. The van der Waals surface area contributed by atoms with Crippen molar-refractivity contribution in [2.45, 2.75) is 38.8 Å². The van der Waals surface area contributed by atoms with E-state index in [0.29, 0.717) is 30.8 Å². The van der Waals surface area contributed by atoms with Gasteiger partial charge in [0.05, 0.1) is 19.1 Å². The van der Waals surface area contributed by atoms with Crippen molar-refractivity contribution in [3.63, 3.8) is 0 Å². The van der Waals surface area contributed by atoms with Gasteiger partial charge < -0.3 is 19.7 Å². The van der Waals surface area contributed by atoms with Crippen molar-refractivity contribution in [1.82, 2.24) is 10.2 Å². The molecule has 3 rings (SSSR count). The molecular formula is C24H28N2O5. The highest BCUT2D eigenvalue weighted by molar-refractivity contribution is 5.99. The molecule has 0 radical (unpaired) electrons. The van der Waals surface area contributed by atoms with Crippen LogP contribution in [0.1, 0.15) is 36.2 Å². The first-order valence-electron chi connectivity index (χ1n) is 10.5. The lowest BCUT2D eigenvalue weighted by Crippen LogP contribution is -2.57. The number of ether oxygens (including phenoxy) is 2. The Kier molecular flexibility index (Phi) is 7.65. The first-order chi connectivity index (χ1) is 14.9. The second-order valence-corrected chi connectivity index (χ2v) is 7.66. The van der Waals surface area contributed by atoms with Crippen LogP contribution in [-0.2, 0) is 20.7 Å². The number of carbonyl (C=O) groups excluding carboxylic acids is 3. The van der Waals surface area contributed by atoms with E-state index in [1.807, 2.05) is 44.2 Å². The summed E-state index contributed by atoms with van der Waals surface area (Å²) < 4.78 is 11.0. The molecule has 1 fully saturated rings. The van der Waals surface area contributed by atoms with Crippen LogP contribution in [-0.4, -0.2) is 54.5 Å². The minimum absolute atomic E-state index is 0.0236. The zero-order chi connectivity index (χ0) is 22.2. The molecule has 1 saturated heterocycles. The number of hydrogen-bond acceptors (Lipinski definition) is 5. The van der Waals surface area contributed by atoms with Gasteiger partial charge in [-0.2, -0.15) is 0 Å². The quantitative estimate of drug-likeness (QED) is 0.659. The molecule has 2 aromatic rings. The number of hydrogen-bond donors (Lipinski definition) is 1. The molecule has 1 unspecified atom stereocenters. The number of benzene rings is 2. The number of nitrogens with zero attached hydrogens (tertiary/aromatic N) is 1. The first-order valence-corrected chi connectivity index (χ1v) is 10.5. The summed E-state index contributed by atoms with van der Waals surface area (Å²) in [6, 6.07) is 15.6. The van der Waals surface area contributed by atoms with Gasteiger partial charge >= 0.3 is 5.97 Å². The maximum Gasteiger partial charge on any atom is 0.308 e. The number of rotatable bonds is 8. The second kappa shape index (κ2) is 10.6. The summed E-state index contributed by atoms with van der Waals surface area (Å²) in [5.41, 5.74) is 1.47. The number of nitrogens with one attached hydrogen (secondary N) is 1. The Labute approximate surface area is 182 Å². The smallest absolute Gasteiger partial charge is 0.308 e. The number of amides is 2. The molecule has 2 aromatic carbocycles. The van der Waals surface area contributed by atoms with Gasteiger partial charge in [-0.1, -0.05) is 36.4 Å². The maximum absolute atomic E-state index is 13.1. The third kappa shape index (κ3) is 6.31. The molecule has 1 N–H and O–H groups in total. The molecule has 7 heteroatoms. The van der Waals surface area contributed by atoms with Crippen molar-refractivity contribution < 1.29 is 23.9 Å². The summed E-state index contributed by atoms with van der Waals surface area (Å²) in [4.78, 5) is 39.4. The summed E-state index contributed by atoms with van der Waals surface area (Å²) in [5, 5.41) is 2.73. The molecule has 0 saturated carbocycles. The molecule has 0 spiro atoms. The Morgan fingerprint density at radius 2 is 1.90 bits per heavy atom. The summed E-state index contributed by atoms with van der Waals surface area (Å²) >= 11 is 0. The summed E-state index contributed by atoms with van der Waals surface area (Å²) in [6.07, 6.45) is 0.382. The lowest BCUT2D eigenvalue weighted by Gasteiger charge is -2.34. The predicted molar refractivity (Wildman–Crippen MR) is 116 cm³/mol. The Bertz CT molecular complexity index is 913. The van der Waals surface area contributed by atoms with E-state index in [-0.39, 0.29) is 30.9 Å². The van der Waals surface area contributed by atoms with E-state index >= 15 is 0 Å². The predicted octanol–water partition coefficient (Wildman–Crippen LogP) is 2.59. The molecule has 1 atom stereocenters. The van der Waals surface area contributed by atoms with E-state index in [9.17, 15) is 14.4 Å². The Morgan fingerprint density at radius 3 is 2.65 bits per heavy atom. The van der Waals surface area contributed by atoms with Crippen molar-refractivity contribution in [1.29, 1.82) is 0 Å². The molecule has 1 aliphatic heterocycles. The van der Waals surface area contributed by atoms with Gasteiger partial charge in [-0.05, 0) is 37.6 Å². The third-order valence-electron chi connectivity index (χ3n) is 4.90. The van der Waals surface area contributed by atoms with Gasteiger partial charge in [0.25, 0.3) is 5.91 Å². The lowest BCUT2D eigenvalue weighted by molar-refractivity contribution is -0.147. The van der Waals surface area contributed by atoms with Crippen molar-refractivity contribution >= 4 is 17.8 Å². The van der Waals surface area contributed by atoms with Gasteiger partial charge in [0.2, 0.25) is 5.91 Å². The van der Waals surface area contributed by atoms with Crippen LogP contribution >= 0.6 is 0 Å². The molecule has 1 aliphatic rings. The van der Waals surface area contributed by atoms with Crippen LogP contribution in [0.2, 0.25) is 0 Å². The van der Waals surface area contributed by atoms with Crippen molar-refractivity contribution in [2.75, 3.05) is 19.7 Å². The van der Waals surface area contributed by atoms with Crippen LogP contribution < -0.4 is 10.1 Å². The highest BCUT2D eigenvalue weighted by Gasteiger charge is 2.35. The summed E-state index contributed by atoms with van der Waals surface area (Å²) in [5.74, 6) is -0.591. The summed E-state index contributed by atoms with van der Waals surface area (Å²) in [7, 11) is 0. The number of esters is 1. The average Bonchev–Trinajstić information content (AvgIpc) is 2.75. The third-order valence-corrected chi connectivity index (χ3v) is 4.90. The SMILES string of the molecule is CC(C)Oc1cccc(C(=O)N2CCNC(=O)C2CC(=O)OCCc2ccccc2)c1. The minimum Gasteiger partial charge on any atom is -0.491 e. The van der Waals surface area contributed by atoms with E-state index in [1.54, 1.807) is 24.3 Å². The fourth-order valence-corrected chi connectivity index (χ4v) is 3.45. The van der Waals surface area contributed by atoms with E-state index in [1.165, 1.54) is 4.90 Å². The molecule has 1 heterocycles. The van der Waals surface area contributed by atoms with Gasteiger partial charge in [0.1, 0.15) is 11.8 Å². The average molecular weight is 424 g/mol. The van der Waals surface area contributed by atoms with Gasteiger partial charge in [-0.3, -0.25) is 14.4 Å². The molecule has 7 nitrogen and oxygen atoms in total. The highest BCUT2D eigenvalue weighted by Crippen LogP contribution is 2.19. The minimum atomic E-state index is -0.903. The van der Waals surface area contributed by atoms with Crippen molar-refractivity contribution in [2.24, 2.45) is 0 Å². The van der Waals surface area contributed by atoms with Gasteiger partial charge in [-0.15, -0.1) is 0 Å². The summed E-state index contributed by atoms with van der Waals surface area (Å²) in [6.45, 7) is 4.69. The van der Waals surface area contributed by atoms with Crippen LogP contribution in [0.15, 0.2) is 54.6 Å². The standard InChI is InChI=1S/C24H28N2O5/c1-17(2)31-20-10-6-9-19(15-20)24(29)26-13-12-25-23(28)21(26)16-22(27)30-14-11-18-7-4-3-5-8-18/h3-10,15,17,21H,11-14,16H2,1-2H3,(H,25,28). The number of carbonyl (C=O) groups is 3. The molecule has 2 amide bonds. The molecular weight excluding hydrogens is 396 g/mol. The lowest BCUT2D eigenvalue weighted by atomic mass is 10.1. The van der Waals surface area contributed by atoms with E-state index in [4.69, 9.17) is 9.47 Å². The van der Waals surface area contributed by atoms with Crippen LogP contribution in [0.3, 0.4) is 0 Å². The highest BCUT2D eigenvalue weighted by atomic mass is 16.5. The van der Waals surface area contributed by atoms with Crippen molar-refractivity contribution in [3.8, 4) is 5.75 Å². The molecule has 31 heavy (non-hydrogen) atoms. The molecule has 0 aromatic heterocycles. The van der Waals surface area contributed by atoms with E-state index in [0.717, 1.165) is 5.56 Å². The molecule has 0 aliphatic carbocycles. The number of piperazine rings is 1. The maximum atomic E-state index is 13.1. The zero-order valence-corrected chi connectivity index (χ0v) is 17.9. The van der Waals surface area contributed by atoms with Crippen LogP contribution in [0, 0.1) is 0 Å². The second-order valence-electron chi connectivity index (χ2n) is 7.66. The van der Waals surface area contributed by atoms with Gasteiger partial charge in [0.15, 0.2) is 0 Å². The van der Waals surface area contributed by atoms with Crippen LogP contribution in [0.4, 0.5) is 0 Å². The Balaban J connectivity index is 1.63. The van der Waals surface area contributed by atoms with E-state index < -0.39 is 12.0 Å². The van der Waals surface area contributed by atoms with Crippen molar-refractivity contribution in [3.05, 3.63) is 65.7 Å². The first kappa shape index (κ1) is 22.3. The molecule has 164 valence electrons. The normalized spacial score (nSPS) is 16.0. The van der Waals surface area contributed by atoms with Gasteiger partial charge in [-0.25, -0.2) is 0 Å². The fraction of sp³-hybridized carbons (Fsp3) is 0.375. The Morgan fingerprint density at radius 1 is 1.13 bits per heavy atom. The van der Waals surface area contributed by atoms with E-state index in [2.05, 4.69) is 5.32 Å². The van der Waals surface area contributed by atoms with Crippen LogP contribution in [0.25, 0.3) is 0 Å². The fourth-order valence-electron chi connectivity index (χ4n) is 3.45. The van der Waals surface area contributed by atoms with Gasteiger partial charge in [0, 0.05) is 25.1 Å². The monoisotopic (exact) mass is 424 g/mol. The topological polar surface area (TPSA) is 84.9 Å². The largest absolute Gasteiger partial charge is 0.491 e. The van der Waals surface area contributed by atoms with Crippen LogP contribution in [0.5, 0.6) is 5.75 Å². The Hall–Kier alpha value is -3.35. The molecule has 0 bridgehead atoms.